The molecule has 1 unspecified atom stereocenters. The quantitative estimate of drug-likeness (QED) is 0.901. The van der Waals surface area contributed by atoms with Gasteiger partial charge in [-0.15, -0.1) is 0 Å². The summed E-state index contributed by atoms with van der Waals surface area (Å²) in [6, 6.07) is 12.6. The van der Waals surface area contributed by atoms with Gasteiger partial charge in [0.25, 0.3) is 5.91 Å². The van der Waals surface area contributed by atoms with Gasteiger partial charge in [0.2, 0.25) is 0 Å². The van der Waals surface area contributed by atoms with Crippen LogP contribution in [0.25, 0.3) is 0 Å². The zero-order valence-electron chi connectivity index (χ0n) is 14.6. The number of hydrogen-bond donors (Lipinski definition) is 2. The average molecular weight is 338 g/mol. The van der Waals surface area contributed by atoms with Gasteiger partial charge in [-0.3, -0.25) is 9.48 Å². The first-order valence-electron chi connectivity index (χ1n) is 9.41. The molecule has 1 atom stereocenters. The molecular formula is C20H26N4O. The smallest absolute Gasteiger partial charge is 0.272 e. The van der Waals surface area contributed by atoms with Gasteiger partial charge in [0.15, 0.2) is 0 Å². The summed E-state index contributed by atoms with van der Waals surface area (Å²) < 4.78 is 1.95. The highest BCUT2D eigenvalue weighted by Gasteiger charge is 2.37. The molecule has 1 aromatic heterocycles. The highest BCUT2D eigenvalue weighted by molar-refractivity contribution is 5.92. The molecule has 2 N–H and O–H groups in total. The summed E-state index contributed by atoms with van der Waals surface area (Å²) >= 11 is 0. The van der Waals surface area contributed by atoms with Gasteiger partial charge >= 0.3 is 0 Å². The van der Waals surface area contributed by atoms with E-state index in [0.717, 1.165) is 51.6 Å². The van der Waals surface area contributed by atoms with Crippen molar-refractivity contribution >= 4 is 5.91 Å². The Morgan fingerprint density at radius 2 is 1.96 bits per heavy atom. The first kappa shape index (κ1) is 16.3. The third kappa shape index (κ3) is 3.33. The predicted molar refractivity (Wildman–Crippen MR) is 97.4 cm³/mol. The van der Waals surface area contributed by atoms with E-state index in [0.29, 0.717) is 11.7 Å². The highest BCUT2D eigenvalue weighted by Crippen LogP contribution is 2.38. The highest BCUT2D eigenvalue weighted by atomic mass is 16.2. The Morgan fingerprint density at radius 1 is 1.16 bits per heavy atom. The van der Waals surface area contributed by atoms with Crippen molar-refractivity contribution in [1.29, 1.82) is 0 Å². The second-order valence-electron chi connectivity index (χ2n) is 7.29. The number of carbonyl (C=O) groups excluding carboxylic acids is 1. The van der Waals surface area contributed by atoms with Crippen LogP contribution in [0.5, 0.6) is 0 Å². The summed E-state index contributed by atoms with van der Waals surface area (Å²) in [7, 11) is 0. The van der Waals surface area contributed by atoms with Gasteiger partial charge in [-0.2, -0.15) is 5.10 Å². The van der Waals surface area contributed by atoms with E-state index in [1.54, 1.807) is 0 Å². The number of amides is 1. The lowest BCUT2D eigenvalue weighted by Crippen LogP contribution is -2.44. The van der Waals surface area contributed by atoms with E-state index in [1.165, 1.54) is 5.56 Å². The van der Waals surface area contributed by atoms with Gasteiger partial charge in [0.1, 0.15) is 5.69 Å². The second kappa shape index (κ2) is 7.00. The Hall–Kier alpha value is -2.14. The lowest BCUT2D eigenvalue weighted by Gasteiger charge is -2.30. The van der Waals surface area contributed by atoms with E-state index >= 15 is 0 Å². The molecule has 1 amide bonds. The van der Waals surface area contributed by atoms with Gasteiger partial charge in [-0.1, -0.05) is 43.2 Å². The van der Waals surface area contributed by atoms with Gasteiger partial charge in [0.05, 0.1) is 11.6 Å². The molecule has 0 radical (unpaired) electrons. The number of benzene rings is 1. The van der Waals surface area contributed by atoms with Crippen LogP contribution in [-0.4, -0.2) is 28.8 Å². The number of carbonyl (C=O) groups is 1. The molecule has 5 nitrogen and oxygen atoms in total. The number of aromatic nitrogens is 2. The normalized spacial score (nSPS) is 22.6. The van der Waals surface area contributed by atoms with Crippen molar-refractivity contribution in [3.05, 3.63) is 53.9 Å². The Balaban J connectivity index is 1.51. The number of nitrogens with zero attached hydrogens (tertiary/aromatic N) is 2. The van der Waals surface area contributed by atoms with Gasteiger partial charge < -0.3 is 10.6 Å². The number of rotatable bonds is 4. The molecule has 0 spiro atoms. The minimum Gasteiger partial charge on any atom is -0.341 e. The van der Waals surface area contributed by atoms with Crippen molar-refractivity contribution in [2.75, 3.05) is 13.1 Å². The maximum absolute atomic E-state index is 12.9. The molecule has 132 valence electrons. The summed E-state index contributed by atoms with van der Waals surface area (Å²) in [6.45, 7) is 2.00. The molecule has 1 saturated heterocycles. The molecule has 1 aliphatic carbocycles. The number of nitrogens with one attached hydrogen (secondary N) is 2. The molecule has 25 heavy (non-hydrogen) atoms. The summed E-state index contributed by atoms with van der Waals surface area (Å²) in [5.74, 6) is -0.0618. The van der Waals surface area contributed by atoms with Crippen molar-refractivity contribution in [2.24, 2.45) is 0 Å². The second-order valence-corrected chi connectivity index (χ2v) is 7.29. The molecule has 2 fully saturated rings. The lowest BCUT2D eigenvalue weighted by atomic mass is 9.88. The van der Waals surface area contributed by atoms with Crippen LogP contribution in [0.3, 0.4) is 0 Å². The van der Waals surface area contributed by atoms with E-state index < -0.39 is 0 Å². The molecule has 4 rings (SSSR count). The lowest BCUT2D eigenvalue weighted by molar-refractivity contribution is 0.0891. The van der Waals surface area contributed by atoms with Crippen LogP contribution in [0.1, 0.15) is 60.6 Å². The molecule has 2 heterocycles. The molecule has 1 aliphatic heterocycles. The molecule has 5 heteroatoms. The van der Waals surface area contributed by atoms with E-state index in [1.807, 2.05) is 35.1 Å². The topological polar surface area (TPSA) is 59.0 Å². The van der Waals surface area contributed by atoms with Crippen LogP contribution < -0.4 is 10.6 Å². The molecule has 2 aromatic rings. The van der Waals surface area contributed by atoms with E-state index in [9.17, 15) is 4.79 Å². The molecule has 2 aliphatic rings. The van der Waals surface area contributed by atoms with Crippen molar-refractivity contribution in [2.45, 2.75) is 50.1 Å². The maximum Gasteiger partial charge on any atom is 0.272 e. The monoisotopic (exact) mass is 338 g/mol. The van der Waals surface area contributed by atoms with Crippen molar-refractivity contribution in [3.63, 3.8) is 0 Å². The minimum absolute atomic E-state index is 0.0618. The third-order valence-electron chi connectivity index (χ3n) is 5.62. The summed E-state index contributed by atoms with van der Waals surface area (Å²) in [5, 5.41) is 11.3. The summed E-state index contributed by atoms with van der Waals surface area (Å²) in [6.07, 6.45) is 8.50. The van der Waals surface area contributed by atoms with Crippen molar-refractivity contribution in [3.8, 4) is 0 Å². The Labute approximate surface area is 148 Å². The van der Waals surface area contributed by atoms with Crippen molar-refractivity contribution < 1.29 is 4.79 Å². The van der Waals surface area contributed by atoms with Crippen LogP contribution >= 0.6 is 0 Å². The standard InChI is InChI=1S/C20H26N4O/c25-19(18-10-14-24(23-18)17-9-6-13-21-15-17)22-20(11-4-5-12-20)16-7-2-1-3-8-16/h1-3,7-8,10,14,17,21H,4-6,9,11-13,15H2,(H,22,25). The van der Waals surface area contributed by atoms with Crippen LogP contribution in [0.2, 0.25) is 0 Å². The maximum atomic E-state index is 12.9. The molecule has 1 aromatic carbocycles. The third-order valence-corrected chi connectivity index (χ3v) is 5.62. The fraction of sp³-hybridized carbons (Fsp3) is 0.500. The number of hydrogen-bond acceptors (Lipinski definition) is 3. The summed E-state index contributed by atoms with van der Waals surface area (Å²) in [5.41, 5.74) is 1.48. The Morgan fingerprint density at radius 3 is 2.68 bits per heavy atom. The van der Waals surface area contributed by atoms with Crippen LogP contribution in [0.4, 0.5) is 0 Å². The van der Waals surface area contributed by atoms with Crippen LogP contribution in [0, 0.1) is 0 Å². The predicted octanol–water partition coefficient (Wildman–Crippen LogP) is 3.01. The molecule has 1 saturated carbocycles. The molecular weight excluding hydrogens is 312 g/mol. The van der Waals surface area contributed by atoms with Gasteiger partial charge in [0, 0.05) is 12.7 Å². The Bertz CT molecular complexity index is 712. The van der Waals surface area contributed by atoms with Crippen LogP contribution in [-0.2, 0) is 5.54 Å². The first-order valence-corrected chi connectivity index (χ1v) is 9.41. The van der Waals surface area contributed by atoms with Gasteiger partial charge in [-0.05, 0) is 43.9 Å². The van der Waals surface area contributed by atoms with E-state index in [4.69, 9.17) is 0 Å². The Kier molecular flexibility index (Phi) is 4.57. The van der Waals surface area contributed by atoms with Crippen LogP contribution in [0.15, 0.2) is 42.6 Å². The zero-order chi connectivity index (χ0) is 17.1. The zero-order valence-corrected chi connectivity index (χ0v) is 14.6. The SMILES string of the molecule is O=C(NC1(c2ccccc2)CCCC1)c1ccn(C2CCCNC2)n1. The van der Waals surface area contributed by atoms with E-state index in [-0.39, 0.29) is 11.4 Å². The van der Waals surface area contributed by atoms with Crippen molar-refractivity contribution in [1.82, 2.24) is 20.4 Å². The average Bonchev–Trinajstić information content (AvgIpc) is 3.34. The van der Waals surface area contributed by atoms with Gasteiger partial charge in [-0.25, -0.2) is 0 Å². The fourth-order valence-electron chi connectivity index (χ4n) is 4.22. The minimum atomic E-state index is -0.242. The first-order chi connectivity index (χ1) is 12.3. The number of piperidine rings is 1. The van der Waals surface area contributed by atoms with E-state index in [2.05, 4.69) is 27.9 Å². The fourth-order valence-corrected chi connectivity index (χ4v) is 4.22. The summed E-state index contributed by atoms with van der Waals surface area (Å²) in [4.78, 5) is 12.9. The molecule has 0 bridgehead atoms. The largest absolute Gasteiger partial charge is 0.341 e.